The van der Waals surface area contributed by atoms with E-state index in [1.807, 2.05) is 6.92 Å². The number of anilines is 1. The summed E-state index contributed by atoms with van der Waals surface area (Å²) >= 11 is 0. The van der Waals surface area contributed by atoms with Gasteiger partial charge in [-0.05, 0) is 12.5 Å². The van der Waals surface area contributed by atoms with Crippen LogP contribution in [0.5, 0.6) is 0 Å². The number of non-ortho nitro benzene ring substituents is 1. The van der Waals surface area contributed by atoms with E-state index in [1.165, 1.54) is 12.1 Å². The van der Waals surface area contributed by atoms with E-state index in [2.05, 4.69) is 9.98 Å². The SMILES string of the molecule is Br.CCCC1N=C(N)N=C(N)N1c1cccc([N+](=O)[O-])c1. The van der Waals surface area contributed by atoms with Gasteiger partial charge in [0.15, 0.2) is 0 Å². The second-order valence-electron chi connectivity index (χ2n) is 4.37. The number of hydrogen-bond donors (Lipinski definition) is 2. The molecule has 1 atom stereocenters. The Kier molecular flexibility index (Phi) is 5.65. The van der Waals surface area contributed by atoms with Crippen LogP contribution in [0.2, 0.25) is 0 Å². The number of hydrogen-bond acceptors (Lipinski definition) is 7. The third kappa shape index (κ3) is 3.69. The first kappa shape index (κ1) is 16.9. The fourth-order valence-electron chi connectivity index (χ4n) is 2.08. The van der Waals surface area contributed by atoms with Gasteiger partial charge in [0.25, 0.3) is 5.69 Å². The molecule has 0 saturated heterocycles. The Hall–Kier alpha value is -2.16. The molecule has 21 heavy (non-hydrogen) atoms. The lowest BCUT2D eigenvalue weighted by molar-refractivity contribution is -0.384. The van der Waals surface area contributed by atoms with Gasteiger partial charge in [-0.3, -0.25) is 15.0 Å². The van der Waals surface area contributed by atoms with Gasteiger partial charge in [0.05, 0.1) is 10.6 Å². The third-order valence-electron chi connectivity index (χ3n) is 2.92. The van der Waals surface area contributed by atoms with Crippen LogP contribution in [0.25, 0.3) is 0 Å². The van der Waals surface area contributed by atoms with E-state index in [1.54, 1.807) is 17.0 Å². The summed E-state index contributed by atoms with van der Waals surface area (Å²) < 4.78 is 0. The molecule has 1 aromatic carbocycles. The van der Waals surface area contributed by atoms with E-state index >= 15 is 0 Å². The molecule has 0 saturated carbocycles. The molecule has 0 fully saturated rings. The van der Waals surface area contributed by atoms with Gasteiger partial charge in [-0.25, -0.2) is 4.99 Å². The highest BCUT2D eigenvalue weighted by molar-refractivity contribution is 8.93. The lowest BCUT2D eigenvalue weighted by atomic mass is 10.2. The van der Waals surface area contributed by atoms with Crippen molar-refractivity contribution in [1.82, 2.24) is 0 Å². The number of nitrogens with two attached hydrogens (primary N) is 2. The number of nitro benzene ring substituents is 1. The van der Waals surface area contributed by atoms with Crippen LogP contribution in [0.1, 0.15) is 19.8 Å². The number of rotatable bonds is 4. The lowest BCUT2D eigenvalue weighted by Gasteiger charge is -2.32. The second kappa shape index (κ2) is 7.02. The summed E-state index contributed by atoms with van der Waals surface area (Å²) in [6, 6.07) is 6.20. The smallest absolute Gasteiger partial charge is 0.271 e. The molecule has 9 heteroatoms. The van der Waals surface area contributed by atoms with Crippen LogP contribution >= 0.6 is 17.0 Å². The minimum Gasteiger partial charge on any atom is -0.369 e. The fourth-order valence-corrected chi connectivity index (χ4v) is 2.08. The zero-order valence-electron chi connectivity index (χ0n) is 11.5. The zero-order chi connectivity index (χ0) is 14.7. The highest BCUT2D eigenvalue weighted by Gasteiger charge is 2.26. The van der Waals surface area contributed by atoms with Crippen molar-refractivity contribution in [2.75, 3.05) is 4.90 Å². The van der Waals surface area contributed by atoms with E-state index in [0.29, 0.717) is 5.69 Å². The summed E-state index contributed by atoms with van der Waals surface area (Å²) in [5.74, 6) is 0.319. The highest BCUT2D eigenvalue weighted by Crippen LogP contribution is 2.26. The minimum absolute atomic E-state index is 0. The molecule has 1 aliphatic heterocycles. The second-order valence-corrected chi connectivity index (χ2v) is 4.37. The van der Waals surface area contributed by atoms with Gasteiger partial charge in [0, 0.05) is 12.1 Å². The summed E-state index contributed by atoms with van der Waals surface area (Å²) in [5, 5.41) is 10.9. The average Bonchev–Trinajstić information content (AvgIpc) is 2.38. The summed E-state index contributed by atoms with van der Waals surface area (Å²) in [5.41, 5.74) is 12.1. The largest absolute Gasteiger partial charge is 0.369 e. The number of nitro groups is 1. The Balaban J connectivity index is 0.00000220. The van der Waals surface area contributed by atoms with Crippen molar-refractivity contribution in [3.8, 4) is 0 Å². The molecule has 8 nitrogen and oxygen atoms in total. The summed E-state index contributed by atoms with van der Waals surface area (Å²) in [6.45, 7) is 2.01. The molecule has 114 valence electrons. The lowest BCUT2D eigenvalue weighted by Crippen LogP contribution is -2.48. The summed E-state index contributed by atoms with van der Waals surface area (Å²) in [6.07, 6.45) is 1.30. The van der Waals surface area contributed by atoms with Crippen molar-refractivity contribution in [1.29, 1.82) is 0 Å². The fraction of sp³-hybridized carbons (Fsp3) is 0.333. The maximum Gasteiger partial charge on any atom is 0.271 e. The molecule has 0 amide bonds. The van der Waals surface area contributed by atoms with E-state index in [4.69, 9.17) is 11.5 Å². The van der Waals surface area contributed by atoms with Crippen molar-refractivity contribution < 1.29 is 4.92 Å². The van der Waals surface area contributed by atoms with E-state index in [0.717, 1.165) is 12.8 Å². The quantitative estimate of drug-likeness (QED) is 0.628. The molecule has 0 radical (unpaired) electrons. The van der Waals surface area contributed by atoms with Crippen molar-refractivity contribution in [2.45, 2.75) is 25.9 Å². The average molecular weight is 357 g/mol. The molecular formula is C12H17BrN6O2. The predicted octanol–water partition coefficient (Wildman–Crippen LogP) is 1.75. The normalized spacial score (nSPS) is 17.6. The van der Waals surface area contributed by atoms with Crippen LogP contribution in [0.3, 0.4) is 0 Å². The van der Waals surface area contributed by atoms with Crippen molar-refractivity contribution in [3.63, 3.8) is 0 Å². The number of guanidine groups is 2. The Morgan fingerprint density at radius 1 is 1.43 bits per heavy atom. The topological polar surface area (TPSA) is 123 Å². The zero-order valence-corrected chi connectivity index (χ0v) is 13.2. The van der Waals surface area contributed by atoms with Crippen LogP contribution in [-0.4, -0.2) is 23.0 Å². The molecule has 1 aliphatic rings. The number of benzene rings is 1. The standard InChI is InChI=1S/C12H16N6O2.BrH/c1-2-4-10-15-11(13)16-12(14)17(10)8-5-3-6-9(7-8)18(19)20;/h3,5-7,10H,2,4H2,1H3,(H4,13,14,15,16);1H. The molecule has 0 aromatic heterocycles. The number of halogens is 1. The molecule has 4 N–H and O–H groups in total. The number of nitrogens with zero attached hydrogens (tertiary/aromatic N) is 4. The first-order chi connectivity index (χ1) is 9.52. The van der Waals surface area contributed by atoms with Gasteiger partial charge in [0.1, 0.15) is 6.17 Å². The molecule has 1 aromatic rings. The van der Waals surface area contributed by atoms with E-state index < -0.39 is 4.92 Å². The summed E-state index contributed by atoms with van der Waals surface area (Å²) in [4.78, 5) is 20.2. The van der Waals surface area contributed by atoms with Gasteiger partial charge in [-0.1, -0.05) is 19.4 Å². The molecule has 1 heterocycles. The molecule has 0 aliphatic carbocycles. The molecule has 1 unspecified atom stereocenters. The van der Waals surface area contributed by atoms with E-state index in [-0.39, 0.29) is 40.8 Å². The third-order valence-corrected chi connectivity index (χ3v) is 2.92. The summed E-state index contributed by atoms with van der Waals surface area (Å²) in [7, 11) is 0. The van der Waals surface area contributed by atoms with Crippen molar-refractivity contribution in [3.05, 3.63) is 34.4 Å². The molecule has 2 rings (SSSR count). The van der Waals surface area contributed by atoms with Crippen LogP contribution in [0.15, 0.2) is 34.3 Å². The van der Waals surface area contributed by atoms with E-state index in [9.17, 15) is 10.1 Å². The van der Waals surface area contributed by atoms with Crippen LogP contribution in [-0.2, 0) is 0 Å². The van der Waals surface area contributed by atoms with Gasteiger partial charge >= 0.3 is 0 Å². The Morgan fingerprint density at radius 2 is 2.14 bits per heavy atom. The van der Waals surface area contributed by atoms with Crippen molar-refractivity contribution >= 4 is 40.3 Å². The Bertz CT molecular complexity index is 589. The van der Waals surface area contributed by atoms with Crippen LogP contribution in [0, 0.1) is 10.1 Å². The first-order valence-corrected chi connectivity index (χ1v) is 6.24. The minimum atomic E-state index is -0.451. The monoisotopic (exact) mass is 356 g/mol. The maximum absolute atomic E-state index is 10.9. The highest BCUT2D eigenvalue weighted by atomic mass is 79.9. The Labute approximate surface area is 132 Å². The van der Waals surface area contributed by atoms with Gasteiger partial charge in [-0.15, -0.1) is 17.0 Å². The van der Waals surface area contributed by atoms with Crippen LogP contribution in [0.4, 0.5) is 11.4 Å². The maximum atomic E-state index is 10.9. The molecular weight excluding hydrogens is 340 g/mol. The van der Waals surface area contributed by atoms with Gasteiger partial charge in [-0.2, -0.15) is 4.99 Å². The van der Waals surface area contributed by atoms with Crippen molar-refractivity contribution in [2.24, 2.45) is 21.5 Å². The van der Waals surface area contributed by atoms with Gasteiger partial charge in [0.2, 0.25) is 11.9 Å². The first-order valence-electron chi connectivity index (χ1n) is 6.24. The van der Waals surface area contributed by atoms with Gasteiger partial charge < -0.3 is 11.5 Å². The predicted molar refractivity (Wildman–Crippen MR) is 87.8 cm³/mol. The van der Waals surface area contributed by atoms with Crippen LogP contribution < -0.4 is 16.4 Å². The molecule has 0 bridgehead atoms. The molecule has 0 spiro atoms. The number of aliphatic imine (C=N–C) groups is 2. The Morgan fingerprint density at radius 3 is 2.76 bits per heavy atom.